The molecule has 0 bridgehead atoms. The second-order valence-corrected chi connectivity index (χ2v) is 4.23. The molecule has 0 aliphatic carbocycles. The molecule has 5 nitrogen and oxygen atoms in total. The Hall–Kier alpha value is -2.56. The number of benzene rings is 1. The third-order valence-electron chi connectivity index (χ3n) is 3.04. The molecule has 0 saturated carbocycles. The Morgan fingerprint density at radius 2 is 2.00 bits per heavy atom. The van der Waals surface area contributed by atoms with Crippen LogP contribution in [0, 0.1) is 0 Å². The summed E-state index contributed by atoms with van der Waals surface area (Å²) in [5, 5.41) is 1.19. The topological polar surface area (TPSA) is 82.8 Å². The molecule has 0 spiro atoms. The maximum Gasteiger partial charge on any atom is 0.221 e. The molecule has 0 aliphatic rings. The zero-order valence-corrected chi connectivity index (χ0v) is 9.96. The maximum absolute atomic E-state index is 5.87. The fourth-order valence-electron chi connectivity index (χ4n) is 2.06. The summed E-state index contributed by atoms with van der Waals surface area (Å²) in [6.07, 6.45) is 3.68. The SMILES string of the molecule is Cn1ccc2ccc(-c3cnc(N)nc3N)cc21. The number of nitrogens with two attached hydrogens (primary N) is 2. The van der Waals surface area contributed by atoms with Crippen LogP contribution in [0.3, 0.4) is 0 Å². The summed E-state index contributed by atoms with van der Waals surface area (Å²) < 4.78 is 2.06. The van der Waals surface area contributed by atoms with Gasteiger partial charge in [0.05, 0.1) is 0 Å². The molecule has 3 aromatic rings. The number of nitrogens with zero attached hydrogens (tertiary/aromatic N) is 3. The Kier molecular flexibility index (Phi) is 2.19. The van der Waals surface area contributed by atoms with Gasteiger partial charge in [0.2, 0.25) is 5.95 Å². The van der Waals surface area contributed by atoms with E-state index in [9.17, 15) is 0 Å². The number of anilines is 2. The minimum Gasteiger partial charge on any atom is -0.383 e. The van der Waals surface area contributed by atoms with Crippen LogP contribution in [0.2, 0.25) is 0 Å². The molecule has 0 aliphatic heterocycles. The lowest BCUT2D eigenvalue weighted by Crippen LogP contribution is -2.01. The average molecular weight is 239 g/mol. The Balaban J connectivity index is 2.21. The van der Waals surface area contributed by atoms with Crippen molar-refractivity contribution in [2.45, 2.75) is 0 Å². The van der Waals surface area contributed by atoms with Crippen LogP contribution in [0.25, 0.3) is 22.0 Å². The zero-order chi connectivity index (χ0) is 12.7. The van der Waals surface area contributed by atoms with Gasteiger partial charge in [0.25, 0.3) is 0 Å². The fraction of sp³-hybridized carbons (Fsp3) is 0.0769. The minimum atomic E-state index is 0.191. The molecule has 3 rings (SSSR count). The first kappa shape index (κ1) is 10.6. The van der Waals surface area contributed by atoms with Crippen LogP contribution < -0.4 is 11.5 Å². The lowest BCUT2D eigenvalue weighted by molar-refractivity contribution is 0.969. The molecule has 0 amide bonds. The van der Waals surface area contributed by atoms with Gasteiger partial charge in [-0.25, -0.2) is 4.98 Å². The molecule has 90 valence electrons. The average Bonchev–Trinajstić information content (AvgIpc) is 2.71. The van der Waals surface area contributed by atoms with Crippen LogP contribution in [-0.2, 0) is 7.05 Å². The van der Waals surface area contributed by atoms with Crippen LogP contribution >= 0.6 is 0 Å². The highest BCUT2D eigenvalue weighted by atomic mass is 15.0. The largest absolute Gasteiger partial charge is 0.383 e. The maximum atomic E-state index is 5.87. The molecule has 5 heteroatoms. The molecule has 2 aromatic heterocycles. The third kappa shape index (κ3) is 1.57. The van der Waals surface area contributed by atoms with Crippen LogP contribution in [0.1, 0.15) is 0 Å². The predicted octanol–water partition coefficient (Wildman–Crippen LogP) is 1.80. The number of aromatic nitrogens is 3. The van der Waals surface area contributed by atoms with E-state index in [0.717, 1.165) is 16.6 Å². The van der Waals surface area contributed by atoms with Crippen LogP contribution in [0.4, 0.5) is 11.8 Å². The molecule has 4 N–H and O–H groups in total. The quantitative estimate of drug-likeness (QED) is 0.678. The number of hydrogen-bond acceptors (Lipinski definition) is 4. The van der Waals surface area contributed by atoms with E-state index in [2.05, 4.69) is 32.7 Å². The first-order valence-corrected chi connectivity index (χ1v) is 5.58. The second-order valence-electron chi connectivity index (χ2n) is 4.23. The van der Waals surface area contributed by atoms with Gasteiger partial charge in [-0.3, -0.25) is 0 Å². The summed E-state index contributed by atoms with van der Waals surface area (Å²) in [7, 11) is 2.01. The van der Waals surface area contributed by atoms with Crippen LogP contribution in [-0.4, -0.2) is 14.5 Å². The van der Waals surface area contributed by atoms with Gasteiger partial charge in [-0.05, 0) is 23.1 Å². The Labute approximate surface area is 104 Å². The van der Waals surface area contributed by atoms with Crippen molar-refractivity contribution in [3.05, 3.63) is 36.7 Å². The highest BCUT2D eigenvalue weighted by Crippen LogP contribution is 2.27. The summed E-state index contributed by atoms with van der Waals surface area (Å²) in [6, 6.07) is 8.20. The molecular weight excluding hydrogens is 226 g/mol. The smallest absolute Gasteiger partial charge is 0.221 e. The summed E-state index contributed by atoms with van der Waals surface area (Å²) in [5.41, 5.74) is 14.3. The molecule has 1 aromatic carbocycles. The van der Waals surface area contributed by atoms with Crippen LogP contribution in [0.5, 0.6) is 0 Å². The summed E-state index contributed by atoms with van der Waals surface area (Å²) >= 11 is 0. The lowest BCUT2D eigenvalue weighted by atomic mass is 10.1. The molecular formula is C13H13N5. The summed E-state index contributed by atoms with van der Waals surface area (Å²) in [6.45, 7) is 0. The van der Waals surface area contributed by atoms with E-state index in [4.69, 9.17) is 11.5 Å². The van der Waals surface area contributed by atoms with Gasteiger partial charge in [-0.2, -0.15) is 4.98 Å². The number of nitrogen functional groups attached to an aromatic ring is 2. The standard InChI is InChI=1S/C13H13N5/c1-18-5-4-8-2-3-9(6-11(8)18)10-7-16-13(15)17-12(10)14/h2-7H,1H3,(H4,14,15,16,17). The van der Waals surface area contributed by atoms with Crippen molar-refractivity contribution in [2.24, 2.45) is 7.05 Å². The van der Waals surface area contributed by atoms with Gasteiger partial charge in [0, 0.05) is 30.5 Å². The van der Waals surface area contributed by atoms with E-state index in [1.807, 2.05) is 19.3 Å². The van der Waals surface area contributed by atoms with Crippen molar-refractivity contribution in [1.29, 1.82) is 0 Å². The fourth-order valence-corrected chi connectivity index (χ4v) is 2.06. The van der Waals surface area contributed by atoms with Crippen molar-refractivity contribution in [3.63, 3.8) is 0 Å². The van der Waals surface area contributed by atoms with Gasteiger partial charge in [-0.15, -0.1) is 0 Å². The number of fused-ring (bicyclic) bond motifs is 1. The van der Waals surface area contributed by atoms with Gasteiger partial charge in [0.15, 0.2) is 0 Å². The predicted molar refractivity (Wildman–Crippen MR) is 72.8 cm³/mol. The molecule has 0 radical (unpaired) electrons. The number of hydrogen-bond donors (Lipinski definition) is 2. The second kappa shape index (κ2) is 3.73. The summed E-state index contributed by atoms with van der Waals surface area (Å²) in [4.78, 5) is 7.96. The first-order chi connectivity index (χ1) is 8.65. The highest BCUT2D eigenvalue weighted by molar-refractivity contribution is 5.87. The van der Waals surface area contributed by atoms with Crippen molar-refractivity contribution < 1.29 is 0 Å². The number of aryl methyl sites for hydroxylation is 1. The van der Waals surface area contributed by atoms with Crippen molar-refractivity contribution in [2.75, 3.05) is 11.5 Å². The third-order valence-corrected chi connectivity index (χ3v) is 3.04. The van der Waals surface area contributed by atoms with E-state index < -0.39 is 0 Å². The summed E-state index contributed by atoms with van der Waals surface area (Å²) in [5.74, 6) is 0.590. The molecule has 0 unspecified atom stereocenters. The molecule has 18 heavy (non-hydrogen) atoms. The van der Waals surface area contributed by atoms with E-state index in [1.54, 1.807) is 6.20 Å². The monoisotopic (exact) mass is 239 g/mol. The van der Waals surface area contributed by atoms with Gasteiger partial charge >= 0.3 is 0 Å². The van der Waals surface area contributed by atoms with Crippen molar-refractivity contribution in [1.82, 2.24) is 14.5 Å². The van der Waals surface area contributed by atoms with E-state index >= 15 is 0 Å². The van der Waals surface area contributed by atoms with E-state index in [0.29, 0.717) is 5.82 Å². The van der Waals surface area contributed by atoms with Gasteiger partial charge in [0.1, 0.15) is 5.82 Å². The van der Waals surface area contributed by atoms with Gasteiger partial charge < -0.3 is 16.0 Å². The first-order valence-electron chi connectivity index (χ1n) is 5.58. The Morgan fingerprint density at radius 3 is 2.78 bits per heavy atom. The van der Waals surface area contributed by atoms with Crippen LogP contribution in [0.15, 0.2) is 36.7 Å². The number of rotatable bonds is 1. The van der Waals surface area contributed by atoms with Crippen molar-refractivity contribution in [3.8, 4) is 11.1 Å². The molecule has 0 saturated heterocycles. The lowest BCUT2D eigenvalue weighted by Gasteiger charge is -2.06. The normalized spacial score (nSPS) is 10.9. The molecule has 0 fully saturated rings. The highest BCUT2D eigenvalue weighted by Gasteiger charge is 2.07. The van der Waals surface area contributed by atoms with Crippen molar-refractivity contribution >= 4 is 22.7 Å². The molecule has 0 atom stereocenters. The zero-order valence-electron chi connectivity index (χ0n) is 9.96. The molecule has 2 heterocycles. The van der Waals surface area contributed by atoms with E-state index in [-0.39, 0.29) is 5.95 Å². The van der Waals surface area contributed by atoms with Gasteiger partial charge in [-0.1, -0.05) is 12.1 Å². The minimum absolute atomic E-state index is 0.191. The Bertz CT molecular complexity index is 729. The van der Waals surface area contributed by atoms with E-state index in [1.165, 1.54) is 5.39 Å². The Morgan fingerprint density at radius 1 is 1.17 bits per heavy atom.